The molecular weight excluding hydrogens is 443 g/mol. The van der Waals surface area contributed by atoms with Crippen LogP contribution in [0, 0.1) is 0 Å². The van der Waals surface area contributed by atoms with E-state index in [1.165, 1.54) is 6.26 Å². The van der Waals surface area contributed by atoms with Gasteiger partial charge in [-0.05, 0) is 28.1 Å². The summed E-state index contributed by atoms with van der Waals surface area (Å²) in [6, 6.07) is 9.35. The predicted molar refractivity (Wildman–Crippen MR) is 90.6 cm³/mol. The highest BCUT2D eigenvalue weighted by molar-refractivity contribution is 9.11. The molecule has 1 aromatic carbocycles. The smallest absolute Gasteiger partial charge is 0.199 e. The molecule has 2 aromatic heterocycles. The van der Waals surface area contributed by atoms with Crippen LogP contribution in [-0.4, -0.2) is 9.97 Å². The lowest BCUT2D eigenvalue weighted by Crippen LogP contribution is -1.94. The molecule has 21 heavy (non-hydrogen) atoms. The van der Waals surface area contributed by atoms with Crippen LogP contribution in [0.3, 0.4) is 0 Å². The second-order valence-corrected chi connectivity index (χ2v) is 6.51. The summed E-state index contributed by atoms with van der Waals surface area (Å²) in [5, 5.41) is 0.528. The fourth-order valence-corrected chi connectivity index (χ4v) is 3.30. The van der Waals surface area contributed by atoms with Crippen molar-refractivity contribution in [3.8, 4) is 22.7 Å². The lowest BCUT2D eigenvalue weighted by Gasteiger charge is -2.09. The minimum Gasteiger partial charge on any atom is -0.460 e. The molecule has 0 aliphatic carbocycles. The fourth-order valence-electron chi connectivity index (χ4n) is 1.85. The summed E-state index contributed by atoms with van der Waals surface area (Å²) in [6.07, 6.45) is 1.53. The maximum Gasteiger partial charge on any atom is 0.199 e. The number of aromatic nitrogens is 2. The van der Waals surface area contributed by atoms with Crippen molar-refractivity contribution in [3.05, 3.63) is 55.8 Å². The van der Waals surface area contributed by atoms with Crippen LogP contribution in [0.2, 0.25) is 10.3 Å². The van der Waals surface area contributed by atoms with E-state index in [-0.39, 0.29) is 10.3 Å². The van der Waals surface area contributed by atoms with Crippen LogP contribution in [0.5, 0.6) is 0 Å². The van der Waals surface area contributed by atoms with Crippen molar-refractivity contribution in [1.29, 1.82) is 0 Å². The summed E-state index contributed by atoms with van der Waals surface area (Å²) in [4.78, 5) is 8.56. The highest BCUT2D eigenvalue weighted by Crippen LogP contribution is 2.38. The summed E-state index contributed by atoms with van der Waals surface area (Å²) >= 11 is 19.4. The van der Waals surface area contributed by atoms with Gasteiger partial charge in [0.2, 0.25) is 0 Å². The standard InChI is InChI=1S/C14H6Br2Cl2N2O/c15-8-4-2-1-3-7(8)10-12(17)19-14(20-13(10)18)11-9(16)5-6-21-11/h1-6H. The molecule has 0 N–H and O–H groups in total. The summed E-state index contributed by atoms with van der Waals surface area (Å²) in [6.45, 7) is 0. The van der Waals surface area contributed by atoms with Gasteiger partial charge in [-0.25, -0.2) is 9.97 Å². The Balaban J connectivity index is 2.18. The van der Waals surface area contributed by atoms with Gasteiger partial charge in [-0.2, -0.15) is 0 Å². The SMILES string of the molecule is Clc1nc(-c2occc2Br)nc(Cl)c1-c1ccccc1Br. The number of nitrogens with zero attached hydrogens (tertiary/aromatic N) is 2. The topological polar surface area (TPSA) is 38.9 Å². The average molecular weight is 449 g/mol. The van der Waals surface area contributed by atoms with Crippen LogP contribution in [0.4, 0.5) is 0 Å². The number of hydrogen-bond acceptors (Lipinski definition) is 3. The van der Waals surface area contributed by atoms with E-state index in [4.69, 9.17) is 27.6 Å². The van der Waals surface area contributed by atoms with Crippen LogP contribution < -0.4 is 0 Å². The number of furan rings is 1. The van der Waals surface area contributed by atoms with Crippen molar-refractivity contribution in [2.75, 3.05) is 0 Å². The van der Waals surface area contributed by atoms with Gasteiger partial charge in [-0.1, -0.05) is 57.3 Å². The van der Waals surface area contributed by atoms with E-state index in [1.807, 2.05) is 24.3 Å². The van der Waals surface area contributed by atoms with Gasteiger partial charge in [0.1, 0.15) is 10.3 Å². The van der Waals surface area contributed by atoms with Crippen molar-refractivity contribution in [3.63, 3.8) is 0 Å². The molecule has 0 aliphatic heterocycles. The number of hydrogen-bond donors (Lipinski definition) is 0. The average Bonchev–Trinajstić information content (AvgIpc) is 2.86. The van der Waals surface area contributed by atoms with E-state index >= 15 is 0 Å². The quantitative estimate of drug-likeness (QED) is 0.436. The van der Waals surface area contributed by atoms with Gasteiger partial charge in [0, 0.05) is 10.0 Å². The minimum atomic E-state index is 0.264. The van der Waals surface area contributed by atoms with E-state index in [0.717, 1.165) is 14.5 Å². The second kappa shape index (κ2) is 6.08. The molecule has 0 atom stereocenters. The molecular formula is C14H6Br2Cl2N2O. The highest BCUT2D eigenvalue weighted by atomic mass is 79.9. The Labute approximate surface area is 147 Å². The van der Waals surface area contributed by atoms with Gasteiger partial charge in [0.15, 0.2) is 11.6 Å². The lowest BCUT2D eigenvalue weighted by molar-refractivity contribution is 0.576. The zero-order chi connectivity index (χ0) is 15.0. The van der Waals surface area contributed by atoms with Gasteiger partial charge in [-0.15, -0.1) is 0 Å². The zero-order valence-corrected chi connectivity index (χ0v) is 15.0. The first-order chi connectivity index (χ1) is 10.1. The number of benzene rings is 1. The first-order valence-corrected chi connectivity index (χ1v) is 8.13. The normalized spacial score (nSPS) is 10.9. The molecule has 3 aromatic rings. The third kappa shape index (κ3) is 2.88. The Morgan fingerprint density at radius 2 is 1.57 bits per heavy atom. The Bertz CT molecular complexity index is 797. The minimum absolute atomic E-state index is 0.264. The van der Waals surface area contributed by atoms with E-state index < -0.39 is 0 Å². The Hall–Kier alpha value is -0.880. The molecule has 0 spiro atoms. The molecule has 0 unspecified atom stereocenters. The van der Waals surface area contributed by atoms with Gasteiger partial charge in [0.25, 0.3) is 0 Å². The molecule has 0 aliphatic rings. The van der Waals surface area contributed by atoms with Gasteiger partial charge in [-0.3, -0.25) is 0 Å². The van der Waals surface area contributed by atoms with Crippen molar-refractivity contribution < 1.29 is 4.42 Å². The molecule has 0 bridgehead atoms. The molecule has 3 nitrogen and oxygen atoms in total. The van der Waals surface area contributed by atoms with Crippen LogP contribution in [-0.2, 0) is 0 Å². The van der Waals surface area contributed by atoms with E-state index in [0.29, 0.717) is 17.1 Å². The van der Waals surface area contributed by atoms with Crippen molar-refractivity contribution in [2.24, 2.45) is 0 Å². The molecule has 0 saturated heterocycles. The number of halogens is 4. The maximum atomic E-state index is 6.30. The van der Waals surface area contributed by atoms with Crippen LogP contribution in [0.15, 0.2) is 50.0 Å². The fraction of sp³-hybridized carbons (Fsp3) is 0. The van der Waals surface area contributed by atoms with Gasteiger partial charge in [0.05, 0.1) is 16.3 Å². The predicted octanol–water partition coefficient (Wildman–Crippen LogP) is 6.24. The first-order valence-electron chi connectivity index (χ1n) is 5.79. The Morgan fingerprint density at radius 1 is 0.905 bits per heavy atom. The molecule has 106 valence electrons. The number of rotatable bonds is 2. The van der Waals surface area contributed by atoms with Crippen molar-refractivity contribution in [1.82, 2.24) is 9.97 Å². The summed E-state index contributed by atoms with van der Waals surface area (Å²) in [5.74, 6) is 0.815. The monoisotopic (exact) mass is 446 g/mol. The largest absolute Gasteiger partial charge is 0.460 e. The third-order valence-corrected chi connectivity index (χ3v) is 4.65. The zero-order valence-electron chi connectivity index (χ0n) is 10.3. The Morgan fingerprint density at radius 3 is 2.14 bits per heavy atom. The summed E-state index contributed by atoms with van der Waals surface area (Å²) in [5.41, 5.74) is 1.41. The van der Waals surface area contributed by atoms with E-state index in [2.05, 4.69) is 41.8 Å². The molecule has 0 amide bonds. The molecule has 3 rings (SSSR count). The van der Waals surface area contributed by atoms with E-state index in [9.17, 15) is 0 Å². The second-order valence-electron chi connectivity index (χ2n) is 4.08. The Kier molecular flexibility index (Phi) is 4.36. The van der Waals surface area contributed by atoms with Crippen LogP contribution >= 0.6 is 55.1 Å². The van der Waals surface area contributed by atoms with E-state index in [1.54, 1.807) is 6.07 Å². The van der Waals surface area contributed by atoms with Gasteiger partial charge < -0.3 is 4.42 Å². The highest BCUT2D eigenvalue weighted by Gasteiger charge is 2.19. The third-order valence-electron chi connectivity index (χ3n) is 2.78. The molecule has 0 saturated carbocycles. The first kappa shape index (κ1) is 15.0. The van der Waals surface area contributed by atoms with Gasteiger partial charge >= 0.3 is 0 Å². The summed E-state index contributed by atoms with van der Waals surface area (Å²) < 4.78 is 6.94. The van der Waals surface area contributed by atoms with Crippen molar-refractivity contribution >= 4 is 55.1 Å². The molecule has 0 fully saturated rings. The van der Waals surface area contributed by atoms with Crippen LogP contribution in [0.1, 0.15) is 0 Å². The lowest BCUT2D eigenvalue weighted by atomic mass is 10.1. The molecule has 2 heterocycles. The summed E-state index contributed by atoms with van der Waals surface area (Å²) in [7, 11) is 0. The molecule has 7 heteroatoms. The molecule has 0 radical (unpaired) electrons. The van der Waals surface area contributed by atoms with Crippen LogP contribution in [0.25, 0.3) is 22.7 Å². The van der Waals surface area contributed by atoms with Crippen molar-refractivity contribution in [2.45, 2.75) is 0 Å². The maximum absolute atomic E-state index is 6.30.